The minimum absolute atomic E-state index is 0.142. The van der Waals surface area contributed by atoms with Crippen molar-refractivity contribution in [3.8, 4) is 5.88 Å². The number of nitrogens with one attached hydrogen (secondary N) is 1. The van der Waals surface area contributed by atoms with E-state index >= 15 is 0 Å². The van der Waals surface area contributed by atoms with Gasteiger partial charge in [-0.3, -0.25) is 10.1 Å². The molecule has 0 radical (unpaired) electrons. The Kier molecular flexibility index (Phi) is 4.25. The number of ether oxygens (including phenoxy) is 1. The number of aliphatic carboxylic acids is 1. The summed E-state index contributed by atoms with van der Waals surface area (Å²) in [6.07, 6.45) is 0.446. The van der Waals surface area contributed by atoms with Crippen LogP contribution < -0.4 is 10.1 Å². The molecular formula is C13H18N4O4. The fourth-order valence-electron chi connectivity index (χ4n) is 2.42. The fourth-order valence-corrected chi connectivity index (χ4v) is 2.42. The van der Waals surface area contributed by atoms with Gasteiger partial charge in [-0.05, 0) is 20.3 Å². The smallest absolute Gasteiger partial charge is 0.324 e. The Labute approximate surface area is 122 Å². The zero-order chi connectivity index (χ0) is 15.6. The first-order valence-corrected chi connectivity index (χ1v) is 6.62. The third-order valence-electron chi connectivity index (χ3n) is 3.59. The number of aryl methyl sites for hydroxylation is 1. The second-order valence-corrected chi connectivity index (χ2v) is 4.97. The summed E-state index contributed by atoms with van der Waals surface area (Å²) in [5.41, 5.74) is 0.662. The van der Waals surface area contributed by atoms with E-state index in [-0.39, 0.29) is 12.0 Å². The lowest BCUT2D eigenvalue weighted by molar-refractivity contribution is -0.142. The van der Waals surface area contributed by atoms with Gasteiger partial charge in [-0.25, -0.2) is 9.78 Å². The van der Waals surface area contributed by atoms with Crippen molar-refractivity contribution >= 4 is 17.9 Å². The Morgan fingerprint density at radius 3 is 2.76 bits per heavy atom. The largest absolute Gasteiger partial charge is 0.481 e. The molecule has 2 amide bonds. The highest BCUT2D eigenvalue weighted by molar-refractivity contribution is 5.88. The summed E-state index contributed by atoms with van der Waals surface area (Å²) in [4.78, 5) is 32.9. The van der Waals surface area contributed by atoms with E-state index in [4.69, 9.17) is 9.84 Å². The zero-order valence-electron chi connectivity index (χ0n) is 12.2. The molecule has 1 fully saturated rings. The van der Waals surface area contributed by atoms with E-state index in [1.54, 1.807) is 19.9 Å². The van der Waals surface area contributed by atoms with E-state index in [9.17, 15) is 9.59 Å². The number of carbonyl (C=O) groups is 2. The molecule has 21 heavy (non-hydrogen) atoms. The van der Waals surface area contributed by atoms with Gasteiger partial charge in [-0.2, -0.15) is 4.98 Å². The molecule has 2 atom stereocenters. The first kappa shape index (κ1) is 15.0. The van der Waals surface area contributed by atoms with Crippen LogP contribution in [0.5, 0.6) is 5.88 Å². The highest BCUT2D eigenvalue weighted by Crippen LogP contribution is 2.25. The number of urea groups is 1. The highest BCUT2D eigenvalue weighted by Gasteiger charge is 2.38. The monoisotopic (exact) mass is 294 g/mol. The van der Waals surface area contributed by atoms with E-state index in [2.05, 4.69) is 15.3 Å². The molecule has 8 heteroatoms. The summed E-state index contributed by atoms with van der Waals surface area (Å²) in [5.74, 6) is -0.923. The van der Waals surface area contributed by atoms with Crippen LogP contribution in [0.25, 0.3) is 0 Å². The second-order valence-electron chi connectivity index (χ2n) is 4.97. The van der Waals surface area contributed by atoms with Gasteiger partial charge in [-0.1, -0.05) is 0 Å². The number of amides is 2. The maximum Gasteiger partial charge on any atom is 0.324 e. The van der Waals surface area contributed by atoms with Crippen LogP contribution in [0.4, 0.5) is 10.7 Å². The number of carboxylic acid groups (broad SMARTS) is 1. The average Bonchev–Trinajstić information content (AvgIpc) is 2.80. The van der Waals surface area contributed by atoms with Crippen molar-refractivity contribution in [2.75, 3.05) is 19.0 Å². The number of nitrogens with zero attached hydrogens (tertiary/aromatic N) is 3. The first-order chi connectivity index (χ1) is 9.92. The molecule has 1 aliphatic heterocycles. The Hall–Kier alpha value is -2.38. The number of carbonyl (C=O) groups excluding carboxylic acids is 1. The van der Waals surface area contributed by atoms with Crippen LogP contribution >= 0.6 is 0 Å². The molecule has 1 aromatic heterocycles. The fraction of sp³-hybridized carbons (Fsp3) is 0.538. The average molecular weight is 294 g/mol. The van der Waals surface area contributed by atoms with Gasteiger partial charge in [-0.15, -0.1) is 0 Å². The molecule has 0 bridgehead atoms. The molecule has 8 nitrogen and oxygen atoms in total. The van der Waals surface area contributed by atoms with Gasteiger partial charge in [0.25, 0.3) is 0 Å². The molecule has 1 aliphatic rings. The van der Waals surface area contributed by atoms with E-state index in [0.717, 1.165) is 0 Å². The zero-order valence-corrected chi connectivity index (χ0v) is 12.2. The topological polar surface area (TPSA) is 105 Å². The molecular weight excluding hydrogens is 276 g/mol. The summed E-state index contributed by atoms with van der Waals surface area (Å²) >= 11 is 0. The van der Waals surface area contributed by atoms with Gasteiger partial charge < -0.3 is 14.7 Å². The highest BCUT2D eigenvalue weighted by atomic mass is 16.5. The number of hydrogen-bond acceptors (Lipinski definition) is 5. The minimum Gasteiger partial charge on any atom is -0.481 e. The number of carboxylic acids is 1. The van der Waals surface area contributed by atoms with Crippen LogP contribution in [0.15, 0.2) is 6.07 Å². The third kappa shape index (κ3) is 3.21. The van der Waals surface area contributed by atoms with Gasteiger partial charge in [0, 0.05) is 24.3 Å². The molecule has 2 heterocycles. The van der Waals surface area contributed by atoms with E-state index in [1.165, 1.54) is 12.0 Å². The predicted molar refractivity (Wildman–Crippen MR) is 74.3 cm³/mol. The molecule has 0 spiro atoms. The normalized spacial score (nSPS) is 21.2. The number of rotatable bonds is 3. The molecule has 2 rings (SSSR count). The molecule has 1 saturated heterocycles. The van der Waals surface area contributed by atoms with Gasteiger partial charge >= 0.3 is 12.0 Å². The van der Waals surface area contributed by atoms with Gasteiger partial charge in [0.2, 0.25) is 11.8 Å². The van der Waals surface area contributed by atoms with E-state index < -0.39 is 17.9 Å². The Morgan fingerprint density at radius 1 is 1.48 bits per heavy atom. The van der Waals surface area contributed by atoms with Crippen LogP contribution in [0.2, 0.25) is 0 Å². The van der Waals surface area contributed by atoms with Crippen molar-refractivity contribution in [1.82, 2.24) is 14.9 Å². The number of methoxy groups -OCH3 is 1. The van der Waals surface area contributed by atoms with E-state index in [0.29, 0.717) is 24.5 Å². The molecule has 114 valence electrons. The quantitative estimate of drug-likeness (QED) is 0.865. The maximum atomic E-state index is 12.2. The van der Waals surface area contributed by atoms with Crippen molar-refractivity contribution in [3.05, 3.63) is 11.8 Å². The summed E-state index contributed by atoms with van der Waals surface area (Å²) in [6, 6.07) is 0.877. The van der Waals surface area contributed by atoms with Crippen LogP contribution in [-0.4, -0.2) is 51.7 Å². The Balaban J connectivity index is 2.08. The van der Waals surface area contributed by atoms with Crippen molar-refractivity contribution in [1.29, 1.82) is 0 Å². The van der Waals surface area contributed by atoms with Crippen LogP contribution in [-0.2, 0) is 4.79 Å². The lowest BCUT2D eigenvalue weighted by Gasteiger charge is -2.23. The molecule has 0 saturated carbocycles. The second kappa shape index (κ2) is 5.94. The number of anilines is 1. The minimum atomic E-state index is -0.883. The predicted octanol–water partition coefficient (Wildman–Crippen LogP) is 1.12. The molecule has 0 aromatic carbocycles. The standard InChI is InChI=1S/C13H18N4O4/c1-7-6-10(21-3)15-12(14-7)16-13(20)17-5-4-9(8(17)2)11(18)19/h6,8-9H,4-5H2,1-3H3,(H,18,19)(H,14,15,16,20). The summed E-state index contributed by atoms with van der Waals surface area (Å²) in [7, 11) is 1.48. The van der Waals surface area contributed by atoms with Crippen LogP contribution in [0.3, 0.4) is 0 Å². The third-order valence-corrected chi connectivity index (χ3v) is 3.59. The van der Waals surface area contributed by atoms with Gasteiger partial charge in [0.15, 0.2) is 0 Å². The lowest BCUT2D eigenvalue weighted by atomic mass is 10.0. The van der Waals surface area contributed by atoms with Crippen molar-refractivity contribution in [2.24, 2.45) is 5.92 Å². The van der Waals surface area contributed by atoms with Crippen molar-refractivity contribution < 1.29 is 19.4 Å². The van der Waals surface area contributed by atoms with Crippen LogP contribution in [0.1, 0.15) is 19.0 Å². The summed E-state index contributed by atoms with van der Waals surface area (Å²) < 4.78 is 5.02. The van der Waals surface area contributed by atoms with Gasteiger partial charge in [0.05, 0.1) is 13.0 Å². The number of hydrogen-bond donors (Lipinski definition) is 2. The van der Waals surface area contributed by atoms with Gasteiger partial charge in [0.1, 0.15) is 0 Å². The summed E-state index contributed by atoms with van der Waals surface area (Å²) in [5, 5.41) is 11.7. The van der Waals surface area contributed by atoms with Crippen LogP contribution in [0, 0.1) is 12.8 Å². The lowest BCUT2D eigenvalue weighted by Crippen LogP contribution is -2.40. The molecule has 0 aliphatic carbocycles. The number of likely N-dealkylation sites (tertiary alicyclic amines) is 1. The molecule has 2 N–H and O–H groups in total. The molecule has 2 unspecified atom stereocenters. The summed E-state index contributed by atoms with van der Waals surface area (Å²) in [6.45, 7) is 3.88. The Morgan fingerprint density at radius 2 is 2.19 bits per heavy atom. The SMILES string of the molecule is COc1cc(C)nc(NC(=O)N2CCC(C(=O)O)C2C)n1. The van der Waals surface area contributed by atoms with Crippen molar-refractivity contribution in [3.63, 3.8) is 0 Å². The number of aromatic nitrogens is 2. The Bertz CT molecular complexity index is 563. The van der Waals surface area contributed by atoms with E-state index in [1.807, 2.05) is 0 Å². The van der Waals surface area contributed by atoms with Crippen molar-refractivity contribution in [2.45, 2.75) is 26.3 Å². The maximum absolute atomic E-state index is 12.2. The first-order valence-electron chi connectivity index (χ1n) is 6.62. The molecule has 1 aromatic rings.